The lowest BCUT2D eigenvalue weighted by Crippen LogP contribution is -2.42. The van der Waals surface area contributed by atoms with Crippen molar-refractivity contribution in [3.8, 4) is 0 Å². The Morgan fingerprint density at radius 2 is 2.00 bits per heavy atom. The Labute approximate surface area is 76.1 Å². The number of likely N-dealkylation sites (tertiary alicyclic amines) is 1. The SMILES string of the molecule is CC1CCCC2CCN(C)CC12. The van der Waals surface area contributed by atoms with E-state index in [2.05, 4.69) is 18.9 Å². The largest absolute Gasteiger partial charge is 0.306 e. The van der Waals surface area contributed by atoms with Gasteiger partial charge in [0.15, 0.2) is 0 Å². The summed E-state index contributed by atoms with van der Waals surface area (Å²) in [5.74, 6) is 3.09. The Bertz CT molecular complexity index is 155. The van der Waals surface area contributed by atoms with Crippen LogP contribution in [0.15, 0.2) is 0 Å². The molecule has 3 unspecified atom stereocenters. The molecule has 1 aliphatic carbocycles. The minimum Gasteiger partial charge on any atom is -0.306 e. The fourth-order valence-electron chi connectivity index (χ4n) is 3.12. The highest BCUT2D eigenvalue weighted by molar-refractivity contribution is 4.85. The standard InChI is InChI=1S/C11H21N/c1-9-4-3-5-10-6-7-12(2)8-11(9)10/h9-11H,3-8H2,1-2H3. The Hall–Kier alpha value is -0.0400. The van der Waals surface area contributed by atoms with Gasteiger partial charge in [-0.3, -0.25) is 0 Å². The van der Waals surface area contributed by atoms with Crippen LogP contribution < -0.4 is 0 Å². The van der Waals surface area contributed by atoms with Crippen molar-refractivity contribution in [2.75, 3.05) is 20.1 Å². The third-order valence-corrected chi connectivity index (χ3v) is 3.97. The zero-order chi connectivity index (χ0) is 8.55. The molecule has 0 amide bonds. The summed E-state index contributed by atoms with van der Waals surface area (Å²) < 4.78 is 0. The van der Waals surface area contributed by atoms with Crippen LogP contribution in [0.3, 0.4) is 0 Å². The molecule has 2 rings (SSSR count). The molecule has 70 valence electrons. The lowest BCUT2D eigenvalue weighted by molar-refractivity contribution is 0.0653. The van der Waals surface area contributed by atoms with Crippen molar-refractivity contribution in [1.82, 2.24) is 4.90 Å². The lowest BCUT2D eigenvalue weighted by atomic mass is 9.70. The summed E-state index contributed by atoms with van der Waals surface area (Å²) in [5.41, 5.74) is 0. The second kappa shape index (κ2) is 3.37. The van der Waals surface area contributed by atoms with E-state index in [1.165, 1.54) is 38.8 Å². The molecule has 0 aromatic rings. The molecule has 0 N–H and O–H groups in total. The van der Waals surface area contributed by atoms with Gasteiger partial charge in [0.2, 0.25) is 0 Å². The van der Waals surface area contributed by atoms with Crippen LogP contribution in [0.25, 0.3) is 0 Å². The smallest absolute Gasteiger partial charge is 0.00118 e. The Balaban J connectivity index is 2.00. The van der Waals surface area contributed by atoms with E-state index in [0.29, 0.717) is 0 Å². The van der Waals surface area contributed by atoms with E-state index >= 15 is 0 Å². The fourth-order valence-corrected chi connectivity index (χ4v) is 3.12. The summed E-state index contributed by atoms with van der Waals surface area (Å²) in [6.07, 6.45) is 5.95. The number of hydrogen-bond donors (Lipinski definition) is 0. The summed E-state index contributed by atoms with van der Waals surface area (Å²) in [5, 5.41) is 0. The molecule has 1 saturated heterocycles. The van der Waals surface area contributed by atoms with E-state index in [1.807, 2.05) is 0 Å². The third-order valence-electron chi connectivity index (χ3n) is 3.97. The van der Waals surface area contributed by atoms with E-state index in [4.69, 9.17) is 0 Å². The average Bonchev–Trinajstić information content (AvgIpc) is 2.07. The van der Waals surface area contributed by atoms with Crippen molar-refractivity contribution >= 4 is 0 Å². The van der Waals surface area contributed by atoms with Crippen LogP contribution >= 0.6 is 0 Å². The van der Waals surface area contributed by atoms with Gasteiger partial charge >= 0.3 is 0 Å². The van der Waals surface area contributed by atoms with Crippen molar-refractivity contribution in [2.45, 2.75) is 32.6 Å². The van der Waals surface area contributed by atoms with Crippen LogP contribution in [0.4, 0.5) is 0 Å². The van der Waals surface area contributed by atoms with Crippen LogP contribution in [-0.4, -0.2) is 25.0 Å². The van der Waals surface area contributed by atoms with Crippen molar-refractivity contribution < 1.29 is 0 Å². The summed E-state index contributed by atoms with van der Waals surface area (Å²) >= 11 is 0. The van der Waals surface area contributed by atoms with Crippen molar-refractivity contribution in [3.05, 3.63) is 0 Å². The van der Waals surface area contributed by atoms with E-state index in [9.17, 15) is 0 Å². The van der Waals surface area contributed by atoms with E-state index in [-0.39, 0.29) is 0 Å². The molecule has 12 heavy (non-hydrogen) atoms. The molecule has 1 heteroatoms. The Kier molecular flexibility index (Phi) is 2.40. The molecule has 0 spiro atoms. The molecule has 1 aliphatic heterocycles. The summed E-state index contributed by atoms with van der Waals surface area (Å²) in [7, 11) is 2.28. The van der Waals surface area contributed by atoms with Crippen LogP contribution in [-0.2, 0) is 0 Å². The number of nitrogens with zero attached hydrogens (tertiary/aromatic N) is 1. The zero-order valence-electron chi connectivity index (χ0n) is 8.42. The maximum absolute atomic E-state index is 2.52. The van der Waals surface area contributed by atoms with Gasteiger partial charge in [-0.25, -0.2) is 0 Å². The van der Waals surface area contributed by atoms with E-state index < -0.39 is 0 Å². The zero-order valence-corrected chi connectivity index (χ0v) is 8.42. The topological polar surface area (TPSA) is 3.24 Å². The number of rotatable bonds is 0. The molecule has 2 aliphatic rings. The molecule has 3 atom stereocenters. The fraction of sp³-hybridized carbons (Fsp3) is 1.00. The van der Waals surface area contributed by atoms with Crippen LogP contribution in [0.5, 0.6) is 0 Å². The molecule has 0 aromatic heterocycles. The molecule has 1 heterocycles. The maximum Gasteiger partial charge on any atom is 0.00118 e. The van der Waals surface area contributed by atoms with Gasteiger partial charge in [-0.2, -0.15) is 0 Å². The van der Waals surface area contributed by atoms with Gasteiger partial charge in [0.05, 0.1) is 0 Å². The average molecular weight is 167 g/mol. The van der Waals surface area contributed by atoms with Gasteiger partial charge in [0, 0.05) is 6.54 Å². The van der Waals surface area contributed by atoms with Crippen molar-refractivity contribution in [3.63, 3.8) is 0 Å². The summed E-state index contributed by atoms with van der Waals surface area (Å²) in [6, 6.07) is 0. The Morgan fingerprint density at radius 1 is 1.17 bits per heavy atom. The van der Waals surface area contributed by atoms with Gasteiger partial charge in [-0.05, 0) is 37.8 Å². The molecule has 0 radical (unpaired) electrons. The predicted molar refractivity (Wildman–Crippen MR) is 52.1 cm³/mol. The third kappa shape index (κ3) is 1.52. The monoisotopic (exact) mass is 167 g/mol. The first-order valence-electron chi connectivity index (χ1n) is 5.46. The van der Waals surface area contributed by atoms with Crippen molar-refractivity contribution in [2.24, 2.45) is 17.8 Å². The molecule has 0 aromatic carbocycles. The molecule has 1 saturated carbocycles. The normalized spacial score (nSPS) is 44.0. The van der Waals surface area contributed by atoms with E-state index in [1.54, 1.807) is 0 Å². The Morgan fingerprint density at radius 3 is 2.83 bits per heavy atom. The second-order valence-electron chi connectivity index (χ2n) is 4.88. The highest BCUT2D eigenvalue weighted by Crippen LogP contribution is 2.39. The van der Waals surface area contributed by atoms with Gasteiger partial charge in [-0.1, -0.05) is 26.2 Å². The second-order valence-corrected chi connectivity index (χ2v) is 4.88. The molecule has 2 fully saturated rings. The van der Waals surface area contributed by atoms with Gasteiger partial charge in [0.1, 0.15) is 0 Å². The van der Waals surface area contributed by atoms with E-state index in [0.717, 1.165) is 17.8 Å². The quantitative estimate of drug-likeness (QED) is 0.535. The first-order valence-corrected chi connectivity index (χ1v) is 5.46. The maximum atomic E-state index is 2.52. The minimum absolute atomic E-state index is 0.992. The number of hydrogen-bond acceptors (Lipinski definition) is 1. The molecule has 0 bridgehead atoms. The number of piperidine rings is 1. The molecular weight excluding hydrogens is 146 g/mol. The molecular formula is C11H21N. The highest BCUT2D eigenvalue weighted by Gasteiger charge is 2.33. The molecule has 1 nitrogen and oxygen atoms in total. The summed E-state index contributed by atoms with van der Waals surface area (Å²) in [6.45, 7) is 5.16. The lowest BCUT2D eigenvalue weighted by Gasteiger charge is -2.43. The minimum atomic E-state index is 0.992. The first kappa shape index (κ1) is 8.55. The van der Waals surface area contributed by atoms with Gasteiger partial charge in [-0.15, -0.1) is 0 Å². The number of fused-ring (bicyclic) bond motifs is 1. The van der Waals surface area contributed by atoms with Crippen LogP contribution in [0.2, 0.25) is 0 Å². The van der Waals surface area contributed by atoms with Gasteiger partial charge in [0.25, 0.3) is 0 Å². The predicted octanol–water partition coefficient (Wildman–Crippen LogP) is 2.37. The van der Waals surface area contributed by atoms with Crippen LogP contribution in [0, 0.1) is 17.8 Å². The summed E-state index contributed by atoms with van der Waals surface area (Å²) in [4.78, 5) is 2.52. The first-order chi connectivity index (χ1) is 5.77. The highest BCUT2D eigenvalue weighted by atomic mass is 15.1. The van der Waals surface area contributed by atoms with Gasteiger partial charge < -0.3 is 4.90 Å². The van der Waals surface area contributed by atoms with Crippen molar-refractivity contribution in [1.29, 1.82) is 0 Å². The van der Waals surface area contributed by atoms with Crippen LogP contribution in [0.1, 0.15) is 32.6 Å².